The fourth-order valence-electron chi connectivity index (χ4n) is 2.15. The topological polar surface area (TPSA) is 72.1 Å². The first kappa shape index (κ1) is 14.2. The molecule has 0 bridgehead atoms. The molecule has 1 atom stereocenters. The molecule has 1 aliphatic rings. The fraction of sp³-hybridized carbons (Fsp3) is 0.400. The molecule has 1 heterocycles. The lowest BCUT2D eigenvalue weighted by atomic mass is 9.86. The van der Waals surface area contributed by atoms with E-state index in [1.54, 1.807) is 0 Å². The van der Waals surface area contributed by atoms with Gasteiger partial charge in [-0.1, -0.05) is 18.2 Å². The summed E-state index contributed by atoms with van der Waals surface area (Å²) in [4.78, 5) is 28.7. The first-order chi connectivity index (χ1) is 9.56. The lowest BCUT2D eigenvalue weighted by Gasteiger charge is -2.21. The Hall–Kier alpha value is -2.17. The maximum absolute atomic E-state index is 11.7. The maximum Gasteiger partial charge on any atom is 0.358 e. The van der Waals surface area contributed by atoms with E-state index in [0.717, 1.165) is 31.0 Å². The van der Waals surface area contributed by atoms with Crippen molar-refractivity contribution < 1.29 is 9.53 Å². The number of hydrogen-bond donors (Lipinski definition) is 1. The van der Waals surface area contributed by atoms with Crippen molar-refractivity contribution in [3.8, 4) is 0 Å². The number of rotatable bonds is 4. The molecule has 0 saturated heterocycles. The minimum absolute atomic E-state index is 0.112. The van der Waals surface area contributed by atoms with Gasteiger partial charge in [0.05, 0.1) is 6.20 Å². The van der Waals surface area contributed by atoms with Crippen LogP contribution in [-0.2, 0) is 4.74 Å². The minimum Gasteiger partial charge on any atom is -0.456 e. The summed E-state index contributed by atoms with van der Waals surface area (Å²) in [5, 5.41) is 0. The van der Waals surface area contributed by atoms with Crippen LogP contribution in [0.25, 0.3) is 0 Å². The van der Waals surface area contributed by atoms with E-state index in [2.05, 4.69) is 22.6 Å². The SMILES string of the molecule is C=C(C)C1CC=C(COC(=O)c2c[nH]c(=O)cn2)CC1. The molecule has 0 amide bonds. The molecule has 1 N–H and O–H groups in total. The van der Waals surface area contributed by atoms with Crippen LogP contribution < -0.4 is 5.56 Å². The van der Waals surface area contributed by atoms with E-state index in [1.807, 2.05) is 6.92 Å². The Morgan fingerprint density at radius 1 is 1.60 bits per heavy atom. The predicted octanol–water partition coefficient (Wildman–Crippen LogP) is 2.23. The first-order valence-corrected chi connectivity index (χ1v) is 6.61. The molecule has 0 radical (unpaired) electrons. The molecule has 2 rings (SSSR count). The quantitative estimate of drug-likeness (QED) is 0.675. The van der Waals surface area contributed by atoms with Crippen LogP contribution in [0.15, 0.2) is 41.0 Å². The van der Waals surface area contributed by atoms with E-state index >= 15 is 0 Å². The number of hydrogen-bond acceptors (Lipinski definition) is 4. The van der Waals surface area contributed by atoms with Crippen LogP contribution in [0.4, 0.5) is 0 Å². The Bertz CT molecular complexity index is 581. The number of H-pyrrole nitrogens is 1. The van der Waals surface area contributed by atoms with Crippen molar-refractivity contribution in [2.24, 2.45) is 5.92 Å². The van der Waals surface area contributed by atoms with E-state index in [-0.39, 0.29) is 17.9 Å². The van der Waals surface area contributed by atoms with E-state index in [4.69, 9.17) is 4.74 Å². The predicted molar refractivity (Wildman–Crippen MR) is 75.4 cm³/mol. The smallest absolute Gasteiger partial charge is 0.358 e. The van der Waals surface area contributed by atoms with Gasteiger partial charge in [0.15, 0.2) is 5.69 Å². The lowest BCUT2D eigenvalue weighted by molar-refractivity contribution is 0.0528. The Morgan fingerprint density at radius 2 is 2.40 bits per heavy atom. The molecule has 0 fully saturated rings. The summed E-state index contributed by atoms with van der Waals surface area (Å²) in [6.45, 7) is 6.30. The third-order valence-electron chi connectivity index (χ3n) is 3.47. The summed E-state index contributed by atoms with van der Waals surface area (Å²) < 4.78 is 5.19. The minimum atomic E-state index is -0.524. The number of aromatic nitrogens is 2. The van der Waals surface area contributed by atoms with Gasteiger partial charge in [-0.3, -0.25) is 4.79 Å². The van der Waals surface area contributed by atoms with Crippen LogP contribution in [0.3, 0.4) is 0 Å². The van der Waals surface area contributed by atoms with Gasteiger partial charge in [-0.15, -0.1) is 0 Å². The summed E-state index contributed by atoms with van der Waals surface area (Å²) in [7, 11) is 0. The van der Waals surface area contributed by atoms with Crippen LogP contribution in [0.1, 0.15) is 36.7 Å². The highest BCUT2D eigenvalue weighted by Gasteiger charge is 2.16. The largest absolute Gasteiger partial charge is 0.456 e. The molecule has 1 aliphatic carbocycles. The number of carbonyl (C=O) groups excluding carboxylic acids is 1. The normalized spacial score (nSPS) is 18.2. The van der Waals surface area contributed by atoms with Gasteiger partial charge in [0.1, 0.15) is 6.61 Å². The van der Waals surface area contributed by atoms with Crippen LogP contribution in [-0.4, -0.2) is 22.5 Å². The molecule has 0 spiro atoms. The summed E-state index contributed by atoms with van der Waals surface area (Å²) >= 11 is 0. The molecule has 0 aromatic carbocycles. The number of allylic oxidation sites excluding steroid dienone is 2. The third kappa shape index (κ3) is 3.66. The average molecular weight is 274 g/mol. The number of nitrogens with one attached hydrogen (secondary N) is 1. The molecule has 5 heteroatoms. The van der Waals surface area contributed by atoms with Crippen molar-refractivity contribution in [1.82, 2.24) is 9.97 Å². The van der Waals surface area contributed by atoms with Crippen LogP contribution in [0.2, 0.25) is 0 Å². The number of ether oxygens (including phenoxy) is 1. The summed E-state index contributed by atoms with van der Waals surface area (Å²) in [5.74, 6) is 0.0134. The Balaban J connectivity index is 1.87. The number of aromatic amines is 1. The zero-order valence-electron chi connectivity index (χ0n) is 11.5. The zero-order valence-corrected chi connectivity index (χ0v) is 11.5. The van der Waals surface area contributed by atoms with Crippen molar-refractivity contribution >= 4 is 5.97 Å². The van der Waals surface area contributed by atoms with E-state index in [1.165, 1.54) is 11.8 Å². The Morgan fingerprint density at radius 3 is 2.95 bits per heavy atom. The summed E-state index contributed by atoms with van der Waals surface area (Å²) in [5.41, 5.74) is 2.10. The van der Waals surface area contributed by atoms with Crippen molar-refractivity contribution in [2.75, 3.05) is 6.61 Å². The maximum atomic E-state index is 11.7. The molecule has 1 unspecified atom stereocenters. The highest BCUT2D eigenvalue weighted by atomic mass is 16.5. The molecular weight excluding hydrogens is 256 g/mol. The van der Waals surface area contributed by atoms with Crippen LogP contribution in [0.5, 0.6) is 0 Å². The summed E-state index contributed by atoms with van der Waals surface area (Å²) in [6, 6.07) is 0. The lowest BCUT2D eigenvalue weighted by Crippen LogP contribution is -2.15. The summed E-state index contributed by atoms with van der Waals surface area (Å²) in [6.07, 6.45) is 7.37. The van der Waals surface area contributed by atoms with E-state index < -0.39 is 5.97 Å². The molecule has 106 valence electrons. The second kappa shape index (κ2) is 6.32. The van der Waals surface area contributed by atoms with Crippen LogP contribution in [0, 0.1) is 5.92 Å². The molecule has 20 heavy (non-hydrogen) atoms. The highest BCUT2D eigenvalue weighted by molar-refractivity contribution is 5.86. The van der Waals surface area contributed by atoms with Crippen molar-refractivity contribution in [2.45, 2.75) is 26.2 Å². The standard InChI is InChI=1S/C15H18N2O3/c1-10(2)12-5-3-11(4-6-12)9-20-15(19)13-7-17-14(18)8-16-13/h3,7-8,12H,1,4-6,9H2,2H3,(H,17,18). The molecule has 1 aromatic heterocycles. The molecular formula is C15H18N2O3. The van der Waals surface area contributed by atoms with Gasteiger partial charge in [0, 0.05) is 6.20 Å². The highest BCUT2D eigenvalue weighted by Crippen LogP contribution is 2.28. The second-order valence-corrected chi connectivity index (χ2v) is 5.05. The zero-order chi connectivity index (χ0) is 14.5. The van der Waals surface area contributed by atoms with Crippen molar-refractivity contribution in [3.05, 3.63) is 52.2 Å². The van der Waals surface area contributed by atoms with Gasteiger partial charge in [-0.05, 0) is 37.7 Å². The molecule has 5 nitrogen and oxygen atoms in total. The van der Waals surface area contributed by atoms with Gasteiger partial charge >= 0.3 is 5.97 Å². The molecule has 0 saturated carbocycles. The van der Waals surface area contributed by atoms with Gasteiger partial charge in [0.2, 0.25) is 0 Å². The van der Waals surface area contributed by atoms with Crippen LogP contribution >= 0.6 is 0 Å². The van der Waals surface area contributed by atoms with E-state index in [9.17, 15) is 9.59 Å². The third-order valence-corrected chi connectivity index (χ3v) is 3.47. The van der Waals surface area contributed by atoms with Crippen molar-refractivity contribution in [3.63, 3.8) is 0 Å². The number of esters is 1. The van der Waals surface area contributed by atoms with Gasteiger partial charge < -0.3 is 9.72 Å². The van der Waals surface area contributed by atoms with Gasteiger partial charge in [0.25, 0.3) is 5.56 Å². The number of nitrogens with zero attached hydrogens (tertiary/aromatic N) is 1. The Kier molecular flexibility index (Phi) is 4.50. The monoisotopic (exact) mass is 274 g/mol. The first-order valence-electron chi connectivity index (χ1n) is 6.61. The molecule has 0 aliphatic heterocycles. The van der Waals surface area contributed by atoms with Crippen molar-refractivity contribution in [1.29, 1.82) is 0 Å². The van der Waals surface area contributed by atoms with Gasteiger partial charge in [-0.2, -0.15) is 0 Å². The number of carbonyl (C=O) groups is 1. The fourth-order valence-corrected chi connectivity index (χ4v) is 2.15. The van der Waals surface area contributed by atoms with E-state index in [0.29, 0.717) is 5.92 Å². The molecule has 1 aromatic rings. The Labute approximate surface area is 117 Å². The average Bonchev–Trinajstić information content (AvgIpc) is 2.46. The van der Waals surface area contributed by atoms with Gasteiger partial charge in [-0.25, -0.2) is 9.78 Å². The second-order valence-electron chi connectivity index (χ2n) is 5.05.